The zero-order valence-corrected chi connectivity index (χ0v) is 10.00. The molecule has 0 aliphatic heterocycles. The van der Waals surface area contributed by atoms with E-state index in [-0.39, 0.29) is 5.88 Å². The largest absolute Gasteiger partial charge is 0.433 e. The number of nitro groups is 1. The van der Waals surface area contributed by atoms with Gasteiger partial charge in [-0.15, -0.1) is 0 Å². The summed E-state index contributed by atoms with van der Waals surface area (Å²) in [6.07, 6.45) is 0. The summed E-state index contributed by atoms with van der Waals surface area (Å²) in [5.41, 5.74) is 1.64. The highest BCUT2D eigenvalue weighted by molar-refractivity contribution is 5.31. The van der Waals surface area contributed by atoms with Gasteiger partial charge in [-0.2, -0.15) is 5.26 Å². The van der Waals surface area contributed by atoms with E-state index < -0.39 is 4.92 Å². The van der Waals surface area contributed by atoms with Crippen molar-refractivity contribution in [3.63, 3.8) is 0 Å². The summed E-state index contributed by atoms with van der Waals surface area (Å²) in [6, 6.07) is 12.2. The van der Waals surface area contributed by atoms with E-state index in [4.69, 9.17) is 9.68 Å². The van der Waals surface area contributed by atoms with Crippen LogP contribution in [0, 0.1) is 21.4 Å². The highest BCUT2D eigenvalue weighted by Gasteiger charge is 2.10. The highest BCUT2D eigenvalue weighted by Crippen LogP contribution is 2.15. The van der Waals surface area contributed by atoms with Crippen LogP contribution in [0.2, 0.25) is 0 Å². The van der Waals surface area contributed by atoms with E-state index >= 15 is 0 Å². The average molecular weight is 257 g/mol. The number of nitrogens with one attached hydrogen (secondary N) is 1. The van der Waals surface area contributed by atoms with Crippen LogP contribution in [0.4, 0.5) is 5.88 Å². The molecule has 0 saturated heterocycles. The number of furan rings is 1. The molecule has 6 nitrogen and oxygen atoms in total. The van der Waals surface area contributed by atoms with E-state index in [9.17, 15) is 10.1 Å². The fourth-order valence-corrected chi connectivity index (χ4v) is 1.59. The van der Waals surface area contributed by atoms with Gasteiger partial charge in [0, 0.05) is 6.54 Å². The minimum Gasteiger partial charge on any atom is -0.404 e. The molecule has 1 N–H and O–H groups in total. The molecule has 1 aromatic carbocycles. The third-order valence-corrected chi connectivity index (χ3v) is 2.54. The predicted octanol–water partition coefficient (Wildman–Crippen LogP) is 2.35. The maximum atomic E-state index is 10.4. The maximum Gasteiger partial charge on any atom is 0.433 e. The molecule has 0 aliphatic rings. The van der Waals surface area contributed by atoms with Gasteiger partial charge in [0.2, 0.25) is 0 Å². The fraction of sp³-hybridized carbons (Fsp3) is 0.154. The maximum absolute atomic E-state index is 10.4. The van der Waals surface area contributed by atoms with Crippen molar-refractivity contribution in [1.82, 2.24) is 5.32 Å². The third kappa shape index (κ3) is 3.40. The lowest BCUT2D eigenvalue weighted by atomic mass is 10.1. The minimum absolute atomic E-state index is 0.254. The van der Waals surface area contributed by atoms with Crippen molar-refractivity contribution in [3.05, 3.63) is 63.4 Å². The lowest BCUT2D eigenvalue weighted by Crippen LogP contribution is -2.11. The Kier molecular flexibility index (Phi) is 3.90. The van der Waals surface area contributed by atoms with Gasteiger partial charge in [-0.25, -0.2) is 0 Å². The molecular weight excluding hydrogens is 246 g/mol. The number of rotatable bonds is 5. The molecule has 6 heteroatoms. The Labute approximate surface area is 109 Å². The molecule has 1 aromatic heterocycles. The highest BCUT2D eigenvalue weighted by atomic mass is 16.6. The number of hydrogen-bond acceptors (Lipinski definition) is 5. The van der Waals surface area contributed by atoms with Crippen LogP contribution in [0.25, 0.3) is 0 Å². The Hall–Kier alpha value is -2.65. The van der Waals surface area contributed by atoms with Crippen molar-refractivity contribution in [3.8, 4) is 6.07 Å². The second kappa shape index (κ2) is 5.80. The average Bonchev–Trinajstić information content (AvgIpc) is 2.89. The number of nitrogens with zero attached hydrogens (tertiary/aromatic N) is 2. The van der Waals surface area contributed by atoms with Crippen LogP contribution in [-0.2, 0) is 13.1 Å². The lowest BCUT2D eigenvalue weighted by molar-refractivity contribution is -0.402. The molecule has 0 spiro atoms. The molecule has 2 rings (SSSR count). The Morgan fingerprint density at radius 2 is 1.95 bits per heavy atom. The van der Waals surface area contributed by atoms with Gasteiger partial charge >= 0.3 is 5.88 Å². The van der Waals surface area contributed by atoms with Crippen LogP contribution in [0.3, 0.4) is 0 Å². The van der Waals surface area contributed by atoms with Gasteiger partial charge in [0.05, 0.1) is 24.2 Å². The van der Waals surface area contributed by atoms with Gasteiger partial charge in [-0.3, -0.25) is 10.1 Å². The van der Waals surface area contributed by atoms with Gasteiger partial charge in [-0.05, 0) is 23.8 Å². The van der Waals surface area contributed by atoms with Crippen molar-refractivity contribution < 1.29 is 9.34 Å². The summed E-state index contributed by atoms with van der Waals surface area (Å²) in [5.74, 6) is 0.260. The molecule has 0 saturated carbocycles. The van der Waals surface area contributed by atoms with Crippen molar-refractivity contribution in [2.45, 2.75) is 13.1 Å². The zero-order valence-electron chi connectivity index (χ0n) is 10.00. The van der Waals surface area contributed by atoms with E-state index in [0.29, 0.717) is 24.4 Å². The molecule has 96 valence electrons. The third-order valence-electron chi connectivity index (χ3n) is 2.54. The SMILES string of the molecule is N#Cc1ccc(CNCc2ccc([N+](=O)[O-])o2)cc1. The van der Waals surface area contributed by atoms with Gasteiger partial charge < -0.3 is 9.73 Å². The molecule has 0 radical (unpaired) electrons. The summed E-state index contributed by atoms with van der Waals surface area (Å²) in [6.45, 7) is 1.01. The first-order valence-electron chi connectivity index (χ1n) is 5.62. The number of benzene rings is 1. The number of nitriles is 1. The second-order valence-corrected chi connectivity index (χ2v) is 3.91. The fourth-order valence-electron chi connectivity index (χ4n) is 1.59. The number of hydrogen-bond donors (Lipinski definition) is 1. The van der Waals surface area contributed by atoms with E-state index in [2.05, 4.69) is 11.4 Å². The van der Waals surface area contributed by atoms with Crippen LogP contribution < -0.4 is 5.32 Å². The van der Waals surface area contributed by atoms with Crippen LogP contribution in [0.1, 0.15) is 16.9 Å². The monoisotopic (exact) mass is 257 g/mol. The zero-order chi connectivity index (χ0) is 13.7. The first kappa shape index (κ1) is 12.8. The molecule has 0 atom stereocenters. The van der Waals surface area contributed by atoms with Crippen molar-refractivity contribution >= 4 is 5.88 Å². The summed E-state index contributed by atoms with van der Waals surface area (Å²) in [5, 5.41) is 22.2. The van der Waals surface area contributed by atoms with E-state index in [1.807, 2.05) is 12.1 Å². The molecule has 0 amide bonds. The standard InChI is InChI=1S/C13H11N3O3/c14-7-10-1-3-11(4-2-10)8-15-9-12-5-6-13(19-12)16(17)18/h1-6,15H,8-9H2. The van der Waals surface area contributed by atoms with Crippen LogP contribution in [0.5, 0.6) is 0 Å². The first-order chi connectivity index (χ1) is 9.19. The smallest absolute Gasteiger partial charge is 0.404 e. The van der Waals surface area contributed by atoms with Crippen LogP contribution in [0.15, 0.2) is 40.8 Å². The Bertz CT molecular complexity index is 611. The predicted molar refractivity (Wildman–Crippen MR) is 67.1 cm³/mol. The quantitative estimate of drug-likeness (QED) is 0.655. The van der Waals surface area contributed by atoms with Crippen molar-refractivity contribution in [2.24, 2.45) is 0 Å². The van der Waals surface area contributed by atoms with Crippen LogP contribution >= 0.6 is 0 Å². The minimum atomic E-state index is -0.565. The molecule has 0 aliphatic carbocycles. The van der Waals surface area contributed by atoms with Gasteiger partial charge in [0.15, 0.2) is 0 Å². The van der Waals surface area contributed by atoms with Gasteiger partial charge in [0.25, 0.3) is 0 Å². The molecule has 0 fully saturated rings. The normalized spacial score (nSPS) is 10.1. The summed E-state index contributed by atoms with van der Waals surface area (Å²) >= 11 is 0. The summed E-state index contributed by atoms with van der Waals surface area (Å²) < 4.78 is 5.01. The second-order valence-electron chi connectivity index (χ2n) is 3.91. The first-order valence-corrected chi connectivity index (χ1v) is 5.62. The van der Waals surface area contributed by atoms with Crippen LogP contribution in [-0.4, -0.2) is 4.92 Å². The Balaban J connectivity index is 1.85. The molecule has 1 heterocycles. The van der Waals surface area contributed by atoms with Crippen molar-refractivity contribution in [1.29, 1.82) is 5.26 Å². The summed E-state index contributed by atoms with van der Waals surface area (Å²) in [7, 11) is 0. The molecular formula is C13H11N3O3. The van der Waals surface area contributed by atoms with E-state index in [0.717, 1.165) is 5.56 Å². The topological polar surface area (TPSA) is 92.1 Å². The van der Waals surface area contributed by atoms with Gasteiger partial charge in [0.1, 0.15) is 10.7 Å². The van der Waals surface area contributed by atoms with Gasteiger partial charge in [-0.1, -0.05) is 12.1 Å². The van der Waals surface area contributed by atoms with Crippen molar-refractivity contribution in [2.75, 3.05) is 0 Å². The molecule has 2 aromatic rings. The van der Waals surface area contributed by atoms with E-state index in [1.54, 1.807) is 18.2 Å². The molecule has 0 unspecified atom stereocenters. The Morgan fingerprint density at radius 1 is 1.21 bits per heavy atom. The lowest BCUT2D eigenvalue weighted by Gasteiger charge is -2.02. The molecule has 0 bridgehead atoms. The van der Waals surface area contributed by atoms with E-state index in [1.165, 1.54) is 6.07 Å². The Morgan fingerprint density at radius 3 is 2.53 bits per heavy atom. The summed E-state index contributed by atoms with van der Waals surface area (Å²) in [4.78, 5) is 9.87. The molecule has 19 heavy (non-hydrogen) atoms.